The van der Waals surface area contributed by atoms with Crippen LogP contribution in [-0.2, 0) is 0 Å². The van der Waals surface area contributed by atoms with Crippen molar-refractivity contribution >= 4 is 68.2 Å². The van der Waals surface area contributed by atoms with E-state index < -0.39 is 0 Å². The van der Waals surface area contributed by atoms with E-state index in [2.05, 4.69) is 16.0 Å². The molecule has 1 amide bonds. The number of thiazole rings is 1. The van der Waals surface area contributed by atoms with E-state index in [0.29, 0.717) is 27.3 Å². The first kappa shape index (κ1) is 22.9. The van der Waals surface area contributed by atoms with Gasteiger partial charge < -0.3 is 4.90 Å². The predicted octanol–water partition coefficient (Wildman–Crippen LogP) is 5.93. The highest BCUT2D eigenvalue weighted by Gasteiger charge is 2.23. The summed E-state index contributed by atoms with van der Waals surface area (Å²) in [6, 6.07) is 11.1. The molecule has 0 aliphatic heterocycles. The van der Waals surface area contributed by atoms with Crippen LogP contribution in [0, 0.1) is 6.92 Å². The maximum atomic E-state index is 13.2. The molecule has 0 fully saturated rings. The van der Waals surface area contributed by atoms with Crippen LogP contribution in [0.25, 0.3) is 10.2 Å². The number of anilines is 1. The van der Waals surface area contributed by atoms with Crippen molar-refractivity contribution in [2.45, 2.75) is 13.3 Å². The fourth-order valence-corrected chi connectivity index (χ4v) is 4.35. The molecule has 4 nitrogen and oxygen atoms in total. The lowest BCUT2D eigenvalue weighted by atomic mass is 10.2. The molecule has 8 heteroatoms. The summed E-state index contributed by atoms with van der Waals surface area (Å²) in [5, 5.41) is 1.54. The molecule has 0 saturated carbocycles. The van der Waals surface area contributed by atoms with E-state index in [4.69, 9.17) is 23.2 Å². The largest absolute Gasteiger partial charge is 0.309 e. The van der Waals surface area contributed by atoms with Gasteiger partial charge >= 0.3 is 0 Å². The van der Waals surface area contributed by atoms with Crippen molar-refractivity contribution in [1.29, 1.82) is 0 Å². The zero-order valence-corrected chi connectivity index (χ0v) is 19.1. The van der Waals surface area contributed by atoms with Crippen LogP contribution >= 0.6 is 46.9 Å². The predicted molar refractivity (Wildman–Crippen MR) is 123 cm³/mol. The third-order valence-corrected chi connectivity index (χ3v) is 5.75. The van der Waals surface area contributed by atoms with E-state index in [1.54, 1.807) is 23.1 Å². The second-order valence-electron chi connectivity index (χ2n) is 6.71. The summed E-state index contributed by atoms with van der Waals surface area (Å²) in [5.74, 6) is -0.161. The van der Waals surface area contributed by atoms with Gasteiger partial charge in [0, 0.05) is 11.6 Å². The number of hydrogen-bond acceptors (Lipinski definition) is 4. The summed E-state index contributed by atoms with van der Waals surface area (Å²) < 4.78 is 1.07. The molecule has 0 unspecified atom stereocenters. The lowest BCUT2D eigenvalue weighted by Gasteiger charge is -2.21. The molecular weight excluding hydrogens is 437 g/mol. The van der Waals surface area contributed by atoms with Crippen molar-refractivity contribution in [1.82, 2.24) is 9.88 Å². The molecule has 28 heavy (non-hydrogen) atoms. The smallest absolute Gasteiger partial charge is 0.261 e. The number of carbonyl (C=O) groups excluding carboxylic acids is 1. The third kappa shape index (κ3) is 5.37. The summed E-state index contributed by atoms with van der Waals surface area (Å²) in [6.45, 7) is 3.49. The van der Waals surface area contributed by atoms with Gasteiger partial charge in [0.05, 0.1) is 20.8 Å². The van der Waals surface area contributed by atoms with Crippen LogP contribution in [0.4, 0.5) is 5.13 Å². The Labute approximate surface area is 185 Å². The van der Waals surface area contributed by atoms with Gasteiger partial charge in [-0.25, -0.2) is 4.98 Å². The van der Waals surface area contributed by atoms with Crippen LogP contribution in [0.1, 0.15) is 22.3 Å². The van der Waals surface area contributed by atoms with Crippen LogP contribution in [0.2, 0.25) is 10.0 Å². The Morgan fingerprint density at radius 3 is 2.54 bits per heavy atom. The quantitative estimate of drug-likeness (QED) is 0.459. The Hall–Kier alpha value is -1.37. The maximum Gasteiger partial charge on any atom is 0.261 e. The molecule has 2 aromatic carbocycles. The highest BCUT2D eigenvalue weighted by molar-refractivity contribution is 7.22. The zero-order chi connectivity index (χ0) is 19.6. The van der Waals surface area contributed by atoms with Gasteiger partial charge in [-0.1, -0.05) is 40.6 Å². The topological polar surface area (TPSA) is 36.4 Å². The van der Waals surface area contributed by atoms with Crippen LogP contribution in [0.15, 0.2) is 36.4 Å². The lowest BCUT2D eigenvalue weighted by molar-refractivity contribution is 0.0986. The normalized spacial score (nSPS) is 10.9. The van der Waals surface area contributed by atoms with E-state index in [1.807, 2.05) is 33.2 Å². The summed E-state index contributed by atoms with van der Waals surface area (Å²) in [4.78, 5) is 21.8. The highest BCUT2D eigenvalue weighted by Crippen LogP contribution is 2.32. The van der Waals surface area contributed by atoms with E-state index in [9.17, 15) is 4.79 Å². The van der Waals surface area contributed by atoms with Gasteiger partial charge in [-0.3, -0.25) is 9.69 Å². The molecule has 150 valence electrons. The molecule has 3 rings (SSSR count). The highest BCUT2D eigenvalue weighted by atomic mass is 35.5. The van der Waals surface area contributed by atoms with Gasteiger partial charge in [0.15, 0.2) is 5.13 Å². The molecule has 0 spiro atoms. The number of carbonyl (C=O) groups is 1. The van der Waals surface area contributed by atoms with Gasteiger partial charge in [-0.05, 0) is 69.9 Å². The Morgan fingerprint density at radius 2 is 1.86 bits per heavy atom. The molecule has 0 aliphatic rings. The molecule has 0 atom stereocenters. The molecule has 0 saturated heterocycles. The fraction of sp³-hybridized carbons (Fsp3) is 0.300. The maximum absolute atomic E-state index is 13.2. The SMILES string of the molecule is Cc1ccc2nc(N(CCCN(C)C)C(=O)c3ccc(Cl)cc3Cl)sc2c1.Cl. The lowest BCUT2D eigenvalue weighted by Crippen LogP contribution is -2.33. The van der Waals surface area contributed by atoms with Gasteiger partial charge in [0.2, 0.25) is 0 Å². The average Bonchev–Trinajstić information content (AvgIpc) is 3.00. The van der Waals surface area contributed by atoms with Crippen molar-refractivity contribution in [2.24, 2.45) is 0 Å². The van der Waals surface area contributed by atoms with E-state index in [0.717, 1.165) is 23.2 Å². The molecule has 1 heterocycles. The number of halogens is 3. The van der Waals surface area contributed by atoms with Crippen molar-refractivity contribution < 1.29 is 4.79 Å². The zero-order valence-electron chi connectivity index (χ0n) is 15.9. The molecule has 0 bridgehead atoms. The van der Waals surface area contributed by atoms with Crippen LogP contribution in [0.3, 0.4) is 0 Å². The van der Waals surface area contributed by atoms with Crippen LogP contribution in [-0.4, -0.2) is 43.0 Å². The van der Waals surface area contributed by atoms with Gasteiger partial charge in [-0.2, -0.15) is 0 Å². The number of aromatic nitrogens is 1. The van der Waals surface area contributed by atoms with Crippen molar-refractivity contribution in [2.75, 3.05) is 32.1 Å². The Morgan fingerprint density at radius 1 is 1.11 bits per heavy atom. The summed E-state index contributed by atoms with van der Waals surface area (Å²) in [7, 11) is 4.03. The molecule has 0 radical (unpaired) electrons. The number of rotatable bonds is 6. The van der Waals surface area contributed by atoms with Gasteiger partial charge in [0.25, 0.3) is 5.91 Å². The Bertz CT molecular complexity index is 974. The molecule has 0 N–H and O–H groups in total. The Balaban J connectivity index is 0.00000280. The van der Waals surface area contributed by atoms with Crippen molar-refractivity contribution in [3.8, 4) is 0 Å². The minimum atomic E-state index is -0.161. The second kappa shape index (κ2) is 9.90. The van der Waals surface area contributed by atoms with Gasteiger partial charge in [0.1, 0.15) is 0 Å². The Kier molecular flexibility index (Phi) is 8.10. The number of benzene rings is 2. The second-order valence-corrected chi connectivity index (χ2v) is 8.56. The summed E-state index contributed by atoms with van der Waals surface area (Å²) in [5.41, 5.74) is 2.50. The summed E-state index contributed by atoms with van der Waals surface area (Å²) >= 11 is 13.8. The number of nitrogens with zero attached hydrogens (tertiary/aromatic N) is 3. The first-order valence-corrected chi connectivity index (χ1v) is 10.2. The minimum absolute atomic E-state index is 0. The monoisotopic (exact) mass is 457 g/mol. The summed E-state index contributed by atoms with van der Waals surface area (Å²) in [6.07, 6.45) is 0.832. The van der Waals surface area contributed by atoms with Crippen molar-refractivity contribution in [3.05, 3.63) is 57.6 Å². The molecule has 3 aromatic rings. The van der Waals surface area contributed by atoms with Crippen LogP contribution in [0.5, 0.6) is 0 Å². The first-order valence-electron chi connectivity index (χ1n) is 8.64. The van der Waals surface area contributed by atoms with Gasteiger partial charge in [-0.15, -0.1) is 12.4 Å². The van der Waals surface area contributed by atoms with E-state index in [1.165, 1.54) is 16.9 Å². The van der Waals surface area contributed by atoms with E-state index >= 15 is 0 Å². The molecule has 1 aromatic heterocycles. The fourth-order valence-electron chi connectivity index (χ4n) is 2.77. The number of hydrogen-bond donors (Lipinski definition) is 0. The minimum Gasteiger partial charge on any atom is -0.309 e. The molecule has 0 aliphatic carbocycles. The number of aryl methyl sites for hydroxylation is 1. The van der Waals surface area contributed by atoms with Crippen molar-refractivity contribution in [3.63, 3.8) is 0 Å². The number of fused-ring (bicyclic) bond motifs is 1. The first-order chi connectivity index (χ1) is 12.8. The average molecular weight is 459 g/mol. The number of amides is 1. The standard InChI is InChI=1S/C20H21Cl2N3OS.ClH/c1-13-5-8-17-18(11-13)27-20(23-17)25(10-4-9-24(2)3)19(26)15-7-6-14(21)12-16(15)22;/h5-8,11-12H,4,9-10H2,1-3H3;1H. The molecular formula is C20H22Cl3N3OS. The van der Waals surface area contributed by atoms with E-state index in [-0.39, 0.29) is 18.3 Å². The third-order valence-electron chi connectivity index (χ3n) is 4.16. The van der Waals surface area contributed by atoms with Crippen LogP contribution < -0.4 is 4.90 Å².